The van der Waals surface area contributed by atoms with Gasteiger partial charge in [-0.25, -0.2) is 8.42 Å². The summed E-state index contributed by atoms with van der Waals surface area (Å²) < 4.78 is 25.4. The van der Waals surface area contributed by atoms with E-state index in [1.807, 2.05) is 37.3 Å². The summed E-state index contributed by atoms with van der Waals surface area (Å²) in [4.78, 5) is 14.7. The Balaban J connectivity index is 1.81. The van der Waals surface area contributed by atoms with Crippen molar-refractivity contribution in [2.24, 2.45) is 0 Å². The number of benzene rings is 1. The predicted molar refractivity (Wildman–Crippen MR) is 95.7 cm³/mol. The first-order chi connectivity index (χ1) is 11.9. The second-order valence-electron chi connectivity index (χ2n) is 6.03. The Morgan fingerprint density at radius 2 is 1.80 bits per heavy atom. The van der Waals surface area contributed by atoms with Crippen molar-refractivity contribution in [3.8, 4) is 11.3 Å². The summed E-state index contributed by atoms with van der Waals surface area (Å²) in [6, 6.07) is 9.55. The van der Waals surface area contributed by atoms with Gasteiger partial charge in [0.1, 0.15) is 5.69 Å². The van der Waals surface area contributed by atoms with E-state index in [0.29, 0.717) is 43.1 Å². The van der Waals surface area contributed by atoms with Gasteiger partial charge in [0, 0.05) is 37.4 Å². The van der Waals surface area contributed by atoms with E-state index in [4.69, 9.17) is 0 Å². The highest BCUT2D eigenvalue weighted by atomic mass is 32.2. The van der Waals surface area contributed by atoms with Crippen LogP contribution in [0.3, 0.4) is 0 Å². The number of aromatic amines is 1. The lowest BCUT2D eigenvalue weighted by molar-refractivity contribution is 0.0698. The maximum Gasteiger partial charge on any atom is 0.258 e. The smallest absolute Gasteiger partial charge is 0.258 e. The molecule has 0 unspecified atom stereocenters. The van der Waals surface area contributed by atoms with Crippen molar-refractivity contribution in [2.75, 3.05) is 31.9 Å². The first kappa shape index (κ1) is 17.6. The SMILES string of the molecule is CCS(=O)(=O)N1CCN(C(=O)c2c(-c3ccccc3)n[nH]c2C)CC1. The molecule has 0 bridgehead atoms. The zero-order valence-corrected chi connectivity index (χ0v) is 15.2. The molecule has 1 aliphatic rings. The van der Waals surface area contributed by atoms with Crippen LogP contribution in [0.25, 0.3) is 11.3 Å². The van der Waals surface area contributed by atoms with Crippen molar-refractivity contribution in [2.45, 2.75) is 13.8 Å². The Kier molecular flexibility index (Phi) is 4.91. The minimum absolute atomic E-state index is 0.0833. The standard InChI is InChI=1S/C17H22N4O3S/c1-3-25(23,24)21-11-9-20(10-12-21)17(22)15-13(2)18-19-16(15)14-7-5-4-6-8-14/h4-8H,3,9-12H2,1-2H3,(H,18,19). The lowest BCUT2D eigenvalue weighted by Gasteiger charge is -2.33. The van der Waals surface area contributed by atoms with Crippen LogP contribution in [0.15, 0.2) is 30.3 Å². The molecule has 2 heterocycles. The van der Waals surface area contributed by atoms with Crippen molar-refractivity contribution in [3.63, 3.8) is 0 Å². The molecule has 7 nitrogen and oxygen atoms in total. The quantitative estimate of drug-likeness (QED) is 0.893. The van der Waals surface area contributed by atoms with Gasteiger partial charge in [0.15, 0.2) is 0 Å². The highest BCUT2D eigenvalue weighted by molar-refractivity contribution is 7.89. The number of rotatable bonds is 4. The summed E-state index contributed by atoms with van der Waals surface area (Å²) in [6.07, 6.45) is 0. The van der Waals surface area contributed by atoms with E-state index < -0.39 is 10.0 Å². The van der Waals surface area contributed by atoms with Crippen LogP contribution in [0.1, 0.15) is 23.0 Å². The van der Waals surface area contributed by atoms with Gasteiger partial charge in [-0.2, -0.15) is 9.40 Å². The molecule has 1 amide bonds. The second-order valence-corrected chi connectivity index (χ2v) is 8.29. The first-order valence-electron chi connectivity index (χ1n) is 8.31. The number of H-pyrrole nitrogens is 1. The molecule has 8 heteroatoms. The molecule has 1 aliphatic heterocycles. The highest BCUT2D eigenvalue weighted by Gasteiger charge is 2.30. The fraction of sp³-hybridized carbons (Fsp3) is 0.412. The maximum absolute atomic E-state index is 13.0. The third-order valence-corrected chi connectivity index (χ3v) is 6.37. The van der Waals surface area contributed by atoms with E-state index >= 15 is 0 Å². The van der Waals surface area contributed by atoms with Crippen molar-refractivity contribution < 1.29 is 13.2 Å². The molecule has 0 spiro atoms. The van der Waals surface area contributed by atoms with E-state index in [1.165, 1.54) is 4.31 Å². The van der Waals surface area contributed by atoms with Crippen LogP contribution in [0.5, 0.6) is 0 Å². The minimum Gasteiger partial charge on any atom is -0.336 e. The van der Waals surface area contributed by atoms with E-state index in [0.717, 1.165) is 5.56 Å². The van der Waals surface area contributed by atoms with Gasteiger partial charge in [0.25, 0.3) is 5.91 Å². The van der Waals surface area contributed by atoms with Crippen LogP contribution in [0.4, 0.5) is 0 Å². The van der Waals surface area contributed by atoms with Crippen LogP contribution in [-0.4, -0.2) is 65.7 Å². The Hall–Kier alpha value is -2.19. The number of nitrogens with zero attached hydrogens (tertiary/aromatic N) is 3. The second kappa shape index (κ2) is 6.97. The molecule has 1 fully saturated rings. The molecular formula is C17H22N4O3S. The summed E-state index contributed by atoms with van der Waals surface area (Å²) in [5, 5.41) is 7.18. The molecule has 3 rings (SSSR count). The molecular weight excluding hydrogens is 340 g/mol. The summed E-state index contributed by atoms with van der Waals surface area (Å²) in [5.74, 6) is -0.0291. The van der Waals surface area contributed by atoms with Crippen molar-refractivity contribution in [3.05, 3.63) is 41.6 Å². The Morgan fingerprint density at radius 1 is 1.16 bits per heavy atom. The number of piperazine rings is 1. The number of aromatic nitrogens is 2. The summed E-state index contributed by atoms with van der Waals surface area (Å²) in [5.41, 5.74) is 2.78. The van der Waals surface area contributed by atoms with Gasteiger partial charge in [-0.1, -0.05) is 30.3 Å². The monoisotopic (exact) mass is 362 g/mol. The van der Waals surface area contributed by atoms with E-state index in [-0.39, 0.29) is 11.7 Å². The number of amides is 1. The summed E-state index contributed by atoms with van der Waals surface area (Å²) >= 11 is 0. The van der Waals surface area contributed by atoms with Gasteiger partial charge in [0.05, 0.1) is 11.3 Å². The van der Waals surface area contributed by atoms with E-state index in [1.54, 1.807) is 11.8 Å². The third kappa shape index (κ3) is 3.45. The summed E-state index contributed by atoms with van der Waals surface area (Å²) in [7, 11) is -3.21. The number of carbonyl (C=O) groups excluding carboxylic acids is 1. The average molecular weight is 362 g/mol. The number of hydrogen-bond acceptors (Lipinski definition) is 4. The van der Waals surface area contributed by atoms with Crippen molar-refractivity contribution in [1.82, 2.24) is 19.4 Å². The molecule has 1 aromatic heterocycles. The van der Waals surface area contributed by atoms with Crippen LogP contribution in [0.2, 0.25) is 0 Å². The predicted octanol–water partition coefficient (Wildman–Crippen LogP) is 1.49. The van der Waals surface area contributed by atoms with E-state index in [9.17, 15) is 13.2 Å². The number of aryl methyl sites for hydroxylation is 1. The van der Waals surface area contributed by atoms with Gasteiger partial charge < -0.3 is 4.90 Å². The van der Waals surface area contributed by atoms with Crippen LogP contribution >= 0.6 is 0 Å². The molecule has 25 heavy (non-hydrogen) atoms. The van der Waals surface area contributed by atoms with Gasteiger partial charge in [-0.05, 0) is 13.8 Å². The summed E-state index contributed by atoms with van der Waals surface area (Å²) in [6.45, 7) is 4.89. The third-order valence-electron chi connectivity index (χ3n) is 4.49. The molecule has 1 saturated heterocycles. The molecule has 1 aromatic carbocycles. The molecule has 2 aromatic rings. The highest BCUT2D eigenvalue weighted by Crippen LogP contribution is 2.25. The number of carbonyl (C=O) groups is 1. The van der Waals surface area contributed by atoms with Gasteiger partial charge in [-0.3, -0.25) is 9.89 Å². The largest absolute Gasteiger partial charge is 0.336 e. The fourth-order valence-corrected chi connectivity index (χ4v) is 4.09. The van der Waals surface area contributed by atoms with Crippen LogP contribution < -0.4 is 0 Å². The lowest BCUT2D eigenvalue weighted by Crippen LogP contribution is -2.51. The lowest BCUT2D eigenvalue weighted by atomic mass is 10.0. The average Bonchev–Trinajstić information content (AvgIpc) is 3.03. The molecule has 0 aliphatic carbocycles. The molecule has 134 valence electrons. The maximum atomic E-state index is 13.0. The number of hydrogen-bond donors (Lipinski definition) is 1. The molecule has 0 saturated carbocycles. The normalized spacial score (nSPS) is 16.2. The Morgan fingerprint density at radius 3 is 2.40 bits per heavy atom. The number of nitrogens with one attached hydrogen (secondary N) is 1. The van der Waals surface area contributed by atoms with Crippen LogP contribution in [0, 0.1) is 6.92 Å². The topological polar surface area (TPSA) is 86.4 Å². The zero-order chi connectivity index (χ0) is 18.0. The van der Waals surface area contributed by atoms with Crippen molar-refractivity contribution >= 4 is 15.9 Å². The Labute approximate surface area is 147 Å². The fourth-order valence-electron chi connectivity index (χ4n) is 3.01. The minimum atomic E-state index is -3.21. The van der Waals surface area contributed by atoms with Gasteiger partial charge in [-0.15, -0.1) is 0 Å². The van der Waals surface area contributed by atoms with E-state index in [2.05, 4.69) is 10.2 Å². The van der Waals surface area contributed by atoms with Crippen LogP contribution in [-0.2, 0) is 10.0 Å². The van der Waals surface area contributed by atoms with Crippen molar-refractivity contribution in [1.29, 1.82) is 0 Å². The zero-order valence-electron chi connectivity index (χ0n) is 14.4. The number of sulfonamides is 1. The molecule has 0 radical (unpaired) electrons. The molecule has 1 N–H and O–H groups in total. The molecule has 0 atom stereocenters. The van der Waals surface area contributed by atoms with Gasteiger partial charge >= 0.3 is 0 Å². The Bertz CT molecular complexity index is 853. The van der Waals surface area contributed by atoms with Gasteiger partial charge in [0.2, 0.25) is 10.0 Å². The first-order valence-corrected chi connectivity index (χ1v) is 9.92.